The first-order valence-corrected chi connectivity index (χ1v) is 7.67. The van der Waals surface area contributed by atoms with Crippen molar-refractivity contribution < 1.29 is 24.0 Å². The molecule has 0 aliphatic carbocycles. The van der Waals surface area contributed by atoms with Crippen LogP contribution in [0.15, 0.2) is 40.9 Å². The Morgan fingerprint density at radius 3 is 2.71 bits per heavy atom. The fourth-order valence-electron chi connectivity index (χ4n) is 2.18. The highest BCUT2D eigenvalue weighted by molar-refractivity contribution is 5.79. The molecule has 1 amide bonds. The summed E-state index contributed by atoms with van der Waals surface area (Å²) in [5.41, 5.74) is 1.61. The van der Waals surface area contributed by atoms with E-state index in [-0.39, 0.29) is 13.0 Å². The maximum Gasteiger partial charge on any atom is 0.408 e. The molecule has 24 heavy (non-hydrogen) atoms. The molecule has 0 unspecified atom stereocenters. The van der Waals surface area contributed by atoms with Crippen molar-refractivity contribution in [1.82, 2.24) is 10.5 Å². The highest BCUT2D eigenvalue weighted by atomic mass is 16.5. The van der Waals surface area contributed by atoms with Crippen molar-refractivity contribution in [1.29, 1.82) is 0 Å². The second-order valence-electron chi connectivity index (χ2n) is 5.42. The number of nitrogens with zero attached hydrogens (tertiary/aromatic N) is 1. The number of carbonyl (C=O) groups is 2. The van der Waals surface area contributed by atoms with Crippen LogP contribution in [0.5, 0.6) is 0 Å². The molecule has 0 bridgehead atoms. The first-order chi connectivity index (χ1) is 11.5. The monoisotopic (exact) mass is 332 g/mol. The van der Waals surface area contributed by atoms with Gasteiger partial charge < -0.3 is 19.7 Å². The van der Waals surface area contributed by atoms with Crippen molar-refractivity contribution in [2.24, 2.45) is 0 Å². The summed E-state index contributed by atoms with van der Waals surface area (Å²) in [4.78, 5) is 23.0. The van der Waals surface area contributed by atoms with Gasteiger partial charge in [0.25, 0.3) is 0 Å². The Bertz CT molecular complexity index is 669. The van der Waals surface area contributed by atoms with E-state index in [1.165, 1.54) is 0 Å². The van der Waals surface area contributed by atoms with Gasteiger partial charge in [0.15, 0.2) is 0 Å². The molecule has 1 atom stereocenters. The van der Waals surface area contributed by atoms with Gasteiger partial charge in [0.2, 0.25) is 0 Å². The molecule has 7 heteroatoms. The van der Waals surface area contributed by atoms with Gasteiger partial charge in [-0.25, -0.2) is 9.59 Å². The predicted molar refractivity (Wildman–Crippen MR) is 85.4 cm³/mol. The van der Waals surface area contributed by atoms with Crippen LogP contribution >= 0.6 is 0 Å². The molecule has 0 aliphatic rings. The highest BCUT2D eigenvalue weighted by Gasteiger charge is 2.20. The van der Waals surface area contributed by atoms with Gasteiger partial charge in [-0.3, -0.25) is 0 Å². The number of nitrogens with one attached hydrogen (secondary N) is 1. The third kappa shape index (κ3) is 5.75. The van der Waals surface area contributed by atoms with Gasteiger partial charge in [-0.05, 0) is 25.3 Å². The van der Waals surface area contributed by atoms with Gasteiger partial charge >= 0.3 is 12.1 Å². The van der Waals surface area contributed by atoms with E-state index in [1.807, 2.05) is 37.3 Å². The van der Waals surface area contributed by atoms with Crippen molar-refractivity contribution in [2.45, 2.75) is 38.8 Å². The van der Waals surface area contributed by atoms with Crippen LogP contribution in [0.3, 0.4) is 0 Å². The largest absolute Gasteiger partial charge is 0.480 e. The van der Waals surface area contributed by atoms with Crippen LogP contribution < -0.4 is 5.32 Å². The number of hydrogen-bond donors (Lipinski definition) is 2. The lowest BCUT2D eigenvalue weighted by Crippen LogP contribution is -2.41. The average Bonchev–Trinajstić information content (AvgIpc) is 2.98. The van der Waals surface area contributed by atoms with E-state index in [9.17, 15) is 14.7 Å². The van der Waals surface area contributed by atoms with Crippen LogP contribution in [0.25, 0.3) is 0 Å². The SMILES string of the molecule is Cc1cc(CCC[C@@H](NC(=O)OCc2ccccc2)C(=O)O)on1. The second kappa shape index (κ2) is 8.71. The lowest BCUT2D eigenvalue weighted by Gasteiger charge is -2.14. The molecule has 128 valence electrons. The Morgan fingerprint density at radius 1 is 1.33 bits per heavy atom. The number of ether oxygens (including phenoxy) is 1. The maximum absolute atomic E-state index is 11.7. The van der Waals surface area contributed by atoms with Crippen LogP contribution in [0.4, 0.5) is 4.79 Å². The number of carboxylic acids is 1. The number of aromatic nitrogens is 1. The van der Waals surface area contributed by atoms with Crippen molar-refractivity contribution >= 4 is 12.1 Å². The van der Waals surface area contributed by atoms with Gasteiger partial charge in [-0.2, -0.15) is 0 Å². The Kier molecular flexibility index (Phi) is 6.36. The molecule has 0 saturated carbocycles. The fraction of sp³-hybridized carbons (Fsp3) is 0.353. The number of aliphatic carboxylic acids is 1. The van der Waals surface area contributed by atoms with Gasteiger partial charge in [-0.15, -0.1) is 0 Å². The first-order valence-electron chi connectivity index (χ1n) is 7.67. The molecule has 0 saturated heterocycles. The van der Waals surface area contributed by atoms with Crippen molar-refractivity contribution in [2.75, 3.05) is 0 Å². The third-order valence-corrected chi connectivity index (χ3v) is 3.40. The zero-order chi connectivity index (χ0) is 17.4. The summed E-state index contributed by atoms with van der Waals surface area (Å²) in [5, 5.41) is 15.3. The number of aryl methyl sites for hydroxylation is 2. The van der Waals surface area contributed by atoms with Crippen molar-refractivity contribution in [3.63, 3.8) is 0 Å². The maximum atomic E-state index is 11.7. The lowest BCUT2D eigenvalue weighted by atomic mass is 10.1. The zero-order valence-electron chi connectivity index (χ0n) is 13.4. The predicted octanol–water partition coefficient (Wildman–Crippen LogP) is 2.69. The summed E-state index contributed by atoms with van der Waals surface area (Å²) >= 11 is 0. The first kappa shape index (κ1) is 17.5. The summed E-state index contributed by atoms with van der Waals surface area (Å²) in [5.74, 6) is -0.399. The standard InChI is InChI=1S/C17H20N2O5/c1-12-10-14(24-19-12)8-5-9-15(16(20)21)18-17(22)23-11-13-6-3-2-4-7-13/h2-4,6-7,10,15H,5,8-9,11H2,1H3,(H,18,22)(H,20,21)/t15-/m1/s1. The number of rotatable bonds is 8. The summed E-state index contributed by atoms with van der Waals surface area (Å²) in [7, 11) is 0. The summed E-state index contributed by atoms with van der Waals surface area (Å²) in [6.07, 6.45) is 0.632. The number of benzene rings is 1. The molecule has 0 aliphatic heterocycles. The molecule has 1 aromatic carbocycles. The summed E-state index contributed by atoms with van der Waals surface area (Å²) in [6.45, 7) is 1.91. The topological polar surface area (TPSA) is 102 Å². The van der Waals surface area contributed by atoms with Gasteiger partial charge in [-0.1, -0.05) is 35.5 Å². The van der Waals surface area contributed by atoms with Gasteiger partial charge in [0.1, 0.15) is 18.4 Å². The Morgan fingerprint density at radius 2 is 2.08 bits per heavy atom. The normalized spacial score (nSPS) is 11.7. The molecular weight excluding hydrogens is 312 g/mol. The second-order valence-corrected chi connectivity index (χ2v) is 5.42. The number of carbonyl (C=O) groups excluding carboxylic acids is 1. The van der Waals surface area contributed by atoms with E-state index in [0.29, 0.717) is 18.6 Å². The Balaban J connectivity index is 1.75. The molecular formula is C17H20N2O5. The molecule has 1 heterocycles. The van der Waals surface area contributed by atoms with Crippen LogP contribution in [-0.4, -0.2) is 28.4 Å². The Labute approximate surface area is 139 Å². The number of alkyl carbamates (subject to hydrolysis) is 1. The van der Waals surface area contributed by atoms with Crippen molar-refractivity contribution in [3.8, 4) is 0 Å². The van der Waals surface area contributed by atoms with Crippen LogP contribution in [0.1, 0.15) is 29.9 Å². The Hall–Kier alpha value is -2.83. The van der Waals surface area contributed by atoms with E-state index >= 15 is 0 Å². The average molecular weight is 332 g/mol. The van der Waals surface area contributed by atoms with E-state index in [1.54, 1.807) is 6.07 Å². The van der Waals surface area contributed by atoms with Crippen LogP contribution in [0.2, 0.25) is 0 Å². The lowest BCUT2D eigenvalue weighted by molar-refractivity contribution is -0.139. The molecule has 2 aromatic rings. The van der Waals surface area contributed by atoms with E-state index in [4.69, 9.17) is 9.26 Å². The minimum atomic E-state index is -1.10. The molecule has 0 fully saturated rings. The number of carboxylic acid groups (broad SMARTS) is 1. The number of hydrogen-bond acceptors (Lipinski definition) is 5. The molecule has 0 spiro atoms. The minimum absolute atomic E-state index is 0.0936. The quantitative estimate of drug-likeness (QED) is 0.770. The van der Waals surface area contributed by atoms with Crippen molar-refractivity contribution in [3.05, 3.63) is 53.4 Å². The van der Waals surface area contributed by atoms with Crippen LogP contribution in [0, 0.1) is 6.92 Å². The van der Waals surface area contributed by atoms with Crippen LogP contribution in [-0.2, 0) is 22.6 Å². The third-order valence-electron chi connectivity index (χ3n) is 3.40. The number of amides is 1. The molecule has 2 rings (SSSR count). The fourth-order valence-corrected chi connectivity index (χ4v) is 2.18. The minimum Gasteiger partial charge on any atom is -0.480 e. The highest BCUT2D eigenvalue weighted by Crippen LogP contribution is 2.09. The van der Waals surface area contributed by atoms with Gasteiger partial charge in [0, 0.05) is 12.5 Å². The molecule has 2 N–H and O–H groups in total. The van der Waals surface area contributed by atoms with E-state index in [0.717, 1.165) is 11.3 Å². The molecule has 1 aromatic heterocycles. The van der Waals surface area contributed by atoms with E-state index < -0.39 is 18.1 Å². The molecule has 0 radical (unpaired) electrons. The smallest absolute Gasteiger partial charge is 0.408 e. The zero-order valence-corrected chi connectivity index (χ0v) is 13.4. The van der Waals surface area contributed by atoms with Gasteiger partial charge in [0.05, 0.1) is 5.69 Å². The van der Waals surface area contributed by atoms with E-state index in [2.05, 4.69) is 10.5 Å². The summed E-state index contributed by atoms with van der Waals surface area (Å²) < 4.78 is 10.1. The summed E-state index contributed by atoms with van der Waals surface area (Å²) in [6, 6.07) is 9.97. The molecule has 7 nitrogen and oxygen atoms in total.